The molecule has 118 valence electrons. The zero-order chi connectivity index (χ0) is 16.8. The van der Waals surface area contributed by atoms with E-state index in [1.165, 1.54) is 6.26 Å². The molecule has 3 aromatic carbocycles. The molecule has 1 amide bonds. The Labute approximate surface area is 140 Å². The van der Waals surface area contributed by atoms with Gasteiger partial charge in [0.1, 0.15) is 5.75 Å². The summed E-state index contributed by atoms with van der Waals surface area (Å²) in [4.78, 5) is 17.1. The maximum absolute atomic E-state index is 12.5. The lowest BCUT2D eigenvalue weighted by molar-refractivity contribution is 0.100. The first-order chi connectivity index (χ1) is 11.6. The third-order valence-electron chi connectivity index (χ3n) is 4.14. The number of hydrogen-bond donors (Lipinski definition) is 1. The third-order valence-corrected chi connectivity index (χ3v) is 5.14. The van der Waals surface area contributed by atoms with E-state index in [9.17, 15) is 14.1 Å². The average Bonchev–Trinajstić information content (AvgIpc) is 2.93. The maximum Gasteiger partial charge on any atom is 0.279 e. The number of rotatable bonds is 2. The van der Waals surface area contributed by atoms with Gasteiger partial charge in [0.2, 0.25) is 0 Å². The van der Waals surface area contributed by atoms with Gasteiger partial charge in [0.25, 0.3) is 5.91 Å². The zero-order valence-corrected chi connectivity index (χ0v) is 13.6. The Morgan fingerprint density at radius 3 is 2.21 bits per heavy atom. The fourth-order valence-electron chi connectivity index (χ4n) is 3.14. The molecular formula is C19H13NO3S. The normalized spacial score (nSPS) is 14.5. The second-order valence-corrected chi connectivity index (χ2v) is 6.88. The van der Waals surface area contributed by atoms with Gasteiger partial charge in [-0.2, -0.15) is 0 Å². The first-order valence-corrected chi connectivity index (χ1v) is 8.95. The van der Waals surface area contributed by atoms with Crippen LogP contribution in [-0.4, -0.2) is 27.2 Å². The van der Waals surface area contributed by atoms with Gasteiger partial charge in [-0.25, -0.2) is 4.99 Å². The number of phenols is 1. The molecule has 4 rings (SSSR count). The van der Waals surface area contributed by atoms with Gasteiger partial charge in [-0.3, -0.25) is 9.00 Å². The molecule has 5 heteroatoms. The number of phenolic OH excluding ortho intramolecular Hbond substituents is 1. The van der Waals surface area contributed by atoms with Crippen LogP contribution in [-0.2, 0) is 10.8 Å². The molecule has 0 saturated carbocycles. The Morgan fingerprint density at radius 1 is 0.917 bits per heavy atom. The van der Waals surface area contributed by atoms with Crippen molar-refractivity contribution in [3.63, 3.8) is 0 Å². The molecule has 0 aromatic heterocycles. The number of carbonyl (C=O) groups excluding carboxylic acids is 1. The number of amides is 1. The molecule has 1 N–H and O–H groups in total. The standard InChI is InChI=1S/C19H13NO3S/c1-24(23)18-13-10-6-5-9-12(13)17(21)14-15(18)19(22)20-16(14)11-7-3-2-4-8-11/h2-10,21H,1H3. The minimum atomic E-state index is -1.39. The van der Waals surface area contributed by atoms with Gasteiger partial charge >= 0.3 is 0 Å². The molecule has 1 aliphatic heterocycles. The Balaban J connectivity index is 2.15. The molecule has 0 bridgehead atoms. The number of nitrogens with zero attached hydrogens (tertiary/aromatic N) is 1. The van der Waals surface area contributed by atoms with Crippen LogP contribution in [0.15, 0.2) is 64.5 Å². The lowest BCUT2D eigenvalue weighted by Gasteiger charge is -2.13. The molecule has 4 nitrogen and oxygen atoms in total. The fraction of sp³-hybridized carbons (Fsp3) is 0.0526. The van der Waals surface area contributed by atoms with Crippen LogP contribution < -0.4 is 0 Å². The number of fused-ring (bicyclic) bond motifs is 2. The van der Waals surface area contributed by atoms with Crippen LogP contribution >= 0.6 is 0 Å². The van der Waals surface area contributed by atoms with E-state index in [-0.39, 0.29) is 11.3 Å². The molecule has 0 saturated heterocycles. The number of carbonyl (C=O) groups is 1. The Hall–Kier alpha value is -2.79. The van der Waals surface area contributed by atoms with E-state index in [2.05, 4.69) is 4.99 Å². The molecule has 0 fully saturated rings. The minimum Gasteiger partial charge on any atom is -0.507 e. The number of benzene rings is 3. The molecular weight excluding hydrogens is 322 g/mol. The van der Waals surface area contributed by atoms with Crippen molar-refractivity contribution in [3.05, 3.63) is 71.3 Å². The largest absolute Gasteiger partial charge is 0.507 e. The highest BCUT2D eigenvalue weighted by Crippen LogP contribution is 2.41. The van der Waals surface area contributed by atoms with E-state index >= 15 is 0 Å². The number of aromatic hydroxyl groups is 1. The summed E-state index contributed by atoms with van der Waals surface area (Å²) in [5, 5.41) is 12.0. The molecule has 1 atom stereocenters. The van der Waals surface area contributed by atoms with Crippen molar-refractivity contribution in [1.29, 1.82) is 0 Å². The molecule has 1 heterocycles. The Kier molecular flexibility index (Phi) is 3.32. The van der Waals surface area contributed by atoms with Crippen molar-refractivity contribution in [3.8, 4) is 5.75 Å². The third kappa shape index (κ3) is 2.02. The highest BCUT2D eigenvalue weighted by atomic mass is 32.2. The Bertz CT molecular complexity index is 1060. The van der Waals surface area contributed by atoms with Crippen molar-refractivity contribution >= 4 is 33.2 Å². The highest BCUT2D eigenvalue weighted by Gasteiger charge is 2.33. The van der Waals surface area contributed by atoms with Crippen LogP contribution in [0.5, 0.6) is 5.75 Å². The first kappa shape index (κ1) is 14.8. The van der Waals surface area contributed by atoms with E-state index in [0.29, 0.717) is 26.9 Å². The molecule has 3 aromatic rings. The van der Waals surface area contributed by atoms with Gasteiger partial charge in [-0.05, 0) is 0 Å². The summed E-state index contributed by atoms with van der Waals surface area (Å²) in [6.45, 7) is 0. The van der Waals surface area contributed by atoms with Crippen molar-refractivity contribution < 1.29 is 14.1 Å². The number of hydrogen-bond acceptors (Lipinski definition) is 3. The molecule has 1 unspecified atom stereocenters. The van der Waals surface area contributed by atoms with Crippen molar-refractivity contribution in [2.24, 2.45) is 4.99 Å². The van der Waals surface area contributed by atoms with Crippen LogP contribution in [0.4, 0.5) is 0 Å². The van der Waals surface area contributed by atoms with Gasteiger partial charge in [0, 0.05) is 22.6 Å². The van der Waals surface area contributed by atoms with Crippen LogP contribution in [0, 0.1) is 0 Å². The van der Waals surface area contributed by atoms with Crippen LogP contribution in [0.25, 0.3) is 10.8 Å². The molecule has 0 aliphatic carbocycles. The summed E-state index contributed by atoms with van der Waals surface area (Å²) < 4.78 is 12.3. The average molecular weight is 335 g/mol. The predicted octanol–water partition coefficient (Wildman–Crippen LogP) is 3.27. The van der Waals surface area contributed by atoms with Gasteiger partial charge in [0.15, 0.2) is 0 Å². The Morgan fingerprint density at radius 2 is 1.54 bits per heavy atom. The van der Waals surface area contributed by atoms with E-state index in [1.54, 1.807) is 24.3 Å². The van der Waals surface area contributed by atoms with Crippen molar-refractivity contribution in [2.45, 2.75) is 4.90 Å². The smallest absolute Gasteiger partial charge is 0.279 e. The summed E-state index contributed by atoms with van der Waals surface area (Å²) in [5.41, 5.74) is 1.77. The summed E-state index contributed by atoms with van der Waals surface area (Å²) in [6.07, 6.45) is 1.53. The molecule has 24 heavy (non-hydrogen) atoms. The van der Waals surface area contributed by atoms with Gasteiger partial charge in [0.05, 0.1) is 32.5 Å². The molecule has 1 aliphatic rings. The quantitative estimate of drug-likeness (QED) is 0.781. The van der Waals surface area contributed by atoms with E-state index in [0.717, 1.165) is 5.56 Å². The van der Waals surface area contributed by atoms with Gasteiger partial charge < -0.3 is 5.11 Å². The van der Waals surface area contributed by atoms with Crippen LogP contribution in [0.2, 0.25) is 0 Å². The molecule has 0 radical (unpaired) electrons. The van der Waals surface area contributed by atoms with Crippen LogP contribution in [0.3, 0.4) is 0 Å². The maximum atomic E-state index is 12.5. The van der Waals surface area contributed by atoms with Crippen molar-refractivity contribution in [2.75, 3.05) is 6.26 Å². The molecule has 0 spiro atoms. The fourth-order valence-corrected chi connectivity index (χ4v) is 4.10. The van der Waals surface area contributed by atoms with E-state index in [4.69, 9.17) is 0 Å². The lowest BCUT2D eigenvalue weighted by Crippen LogP contribution is -2.06. The van der Waals surface area contributed by atoms with Crippen LogP contribution in [0.1, 0.15) is 21.5 Å². The zero-order valence-electron chi connectivity index (χ0n) is 12.8. The topological polar surface area (TPSA) is 66.7 Å². The monoisotopic (exact) mass is 335 g/mol. The summed E-state index contributed by atoms with van der Waals surface area (Å²) in [5.74, 6) is -0.460. The second-order valence-electron chi connectivity index (χ2n) is 5.56. The second kappa shape index (κ2) is 5.39. The van der Waals surface area contributed by atoms with Crippen molar-refractivity contribution in [1.82, 2.24) is 0 Å². The predicted molar refractivity (Wildman–Crippen MR) is 94.4 cm³/mol. The van der Waals surface area contributed by atoms with E-state index < -0.39 is 16.7 Å². The minimum absolute atomic E-state index is 0.00301. The van der Waals surface area contributed by atoms with Gasteiger partial charge in [-0.1, -0.05) is 54.6 Å². The summed E-state index contributed by atoms with van der Waals surface area (Å²) >= 11 is 0. The van der Waals surface area contributed by atoms with Gasteiger partial charge in [-0.15, -0.1) is 0 Å². The SMILES string of the molecule is CS(=O)c1c2c(c(O)c3ccccc13)C(c1ccccc1)=NC2=O. The lowest BCUT2D eigenvalue weighted by atomic mass is 9.94. The number of aliphatic imine (C=N–C) groups is 1. The van der Waals surface area contributed by atoms with E-state index in [1.807, 2.05) is 30.3 Å². The first-order valence-electron chi connectivity index (χ1n) is 7.39. The summed E-state index contributed by atoms with van der Waals surface area (Å²) in [6, 6.07) is 16.3. The summed E-state index contributed by atoms with van der Waals surface area (Å²) in [7, 11) is -1.39. The highest BCUT2D eigenvalue weighted by molar-refractivity contribution is 7.84.